The van der Waals surface area contributed by atoms with E-state index >= 15 is 0 Å². The lowest BCUT2D eigenvalue weighted by Crippen LogP contribution is -2.16. The monoisotopic (exact) mass is 750 g/mol. The lowest BCUT2D eigenvalue weighted by molar-refractivity contribution is 0.659. The van der Waals surface area contributed by atoms with E-state index in [4.69, 9.17) is 0 Å². The molecule has 0 N–H and O–H groups in total. The third kappa shape index (κ3) is 4.66. The normalized spacial score (nSPS) is 14.8. The van der Waals surface area contributed by atoms with Crippen LogP contribution in [0.5, 0.6) is 0 Å². The molecule has 0 aliphatic heterocycles. The first-order valence-corrected chi connectivity index (χ1v) is 21.3. The second kappa shape index (κ2) is 12.1. The first-order valence-electron chi connectivity index (χ1n) is 21.3. The molecule has 59 heavy (non-hydrogen) atoms. The molecule has 0 aromatic heterocycles. The number of hydrogen-bond acceptors (Lipinski definition) is 0. The van der Waals surface area contributed by atoms with Crippen LogP contribution in [0, 0.1) is 0 Å². The number of fused-ring (bicyclic) bond motifs is 13. The zero-order valence-electron chi connectivity index (χ0n) is 33.4. The van der Waals surface area contributed by atoms with Crippen LogP contribution in [0.3, 0.4) is 0 Å². The molecule has 0 nitrogen and oxygen atoms in total. The Morgan fingerprint density at radius 1 is 0.373 bits per heavy atom. The van der Waals surface area contributed by atoms with Gasteiger partial charge in [-0.1, -0.05) is 184 Å². The second-order valence-corrected chi connectivity index (χ2v) is 17.9. The molecule has 0 bridgehead atoms. The predicted octanol–water partition coefficient (Wildman–Crippen LogP) is 14.7. The van der Waals surface area contributed by atoms with Gasteiger partial charge >= 0.3 is 0 Å². The molecule has 1 unspecified atom stereocenters. The Balaban J connectivity index is 0.993. The summed E-state index contributed by atoms with van der Waals surface area (Å²) in [5.41, 5.74) is 29.5. The molecule has 0 spiro atoms. The van der Waals surface area contributed by atoms with Gasteiger partial charge in [0.1, 0.15) is 0 Å². The fourth-order valence-electron chi connectivity index (χ4n) is 11.8. The maximum atomic E-state index is 2.58. The molecule has 0 saturated heterocycles. The summed E-state index contributed by atoms with van der Waals surface area (Å²) in [4.78, 5) is 0. The topological polar surface area (TPSA) is 0 Å². The van der Waals surface area contributed by atoms with Gasteiger partial charge in [0.25, 0.3) is 0 Å². The van der Waals surface area contributed by atoms with E-state index in [0.717, 1.165) is 19.3 Å². The van der Waals surface area contributed by atoms with Crippen LogP contribution in [0.25, 0.3) is 66.4 Å². The lowest BCUT2D eigenvalue weighted by Gasteiger charge is -2.26. The average molecular weight is 751 g/mol. The van der Waals surface area contributed by atoms with Crippen molar-refractivity contribution in [3.63, 3.8) is 0 Å². The van der Waals surface area contributed by atoms with E-state index in [-0.39, 0.29) is 11.3 Å². The van der Waals surface area contributed by atoms with E-state index < -0.39 is 0 Å². The van der Waals surface area contributed by atoms with E-state index in [2.05, 4.69) is 190 Å². The van der Waals surface area contributed by atoms with Gasteiger partial charge in [-0.05, 0) is 153 Å². The molecule has 278 valence electrons. The summed E-state index contributed by atoms with van der Waals surface area (Å²) in [7, 11) is 0. The van der Waals surface area contributed by atoms with Crippen LogP contribution in [0.15, 0.2) is 176 Å². The quantitative estimate of drug-likeness (QED) is 0.157. The third-order valence-corrected chi connectivity index (χ3v) is 14.5. The van der Waals surface area contributed by atoms with Crippen LogP contribution in [0.2, 0.25) is 0 Å². The zero-order chi connectivity index (χ0) is 39.0. The fraction of sp³-hybridized carbons (Fsp3) is 0.119. The van der Waals surface area contributed by atoms with Gasteiger partial charge in [-0.2, -0.15) is 0 Å². The first kappa shape index (κ1) is 33.2. The Morgan fingerprint density at radius 2 is 0.932 bits per heavy atom. The van der Waals surface area contributed by atoms with E-state index in [0.29, 0.717) is 0 Å². The molecule has 4 aliphatic carbocycles. The smallest absolute Gasteiger partial charge is 0.0343 e. The van der Waals surface area contributed by atoms with Crippen LogP contribution in [0.4, 0.5) is 0 Å². The molecule has 0 fully saturated rings. The van der Waals surface area contributed by atoms with Gasteiger partial charge < -0.3 is 0 Å². The van der Waals surface area contributed by atoms with Crippen molar-refractivity contribution in [2.75, 3.05) is 0 Å². The van der Waals surface area contributed by atoms with E-state index in [9.17, 15) is 0 Å². The van der Waals surface area contributed by atoms with Crippen LogP contribution in [-0.2, 0) is 24.7 Å². The molecule has 0 saturated carbocycles. The van der Waals surface area contributed by atoms with Crippen molar-refractivity contribution < 1.29 is 0 Å². The molecule has 0 amide bonds. The molecule has 0 radical (unpaired) electrons. The van der Waals surface area contributed by atoms with E-state index in [1.54, 1.807) is 0 Å². The van der Waals surface area contributed by atoms with Crippen molar-refractivity contribution in [3.8, 4) is 55.6 Å². The van der Waals surface area contributed by atoms with Crippen molar-refractivity contribution in [2.45, 2.75) is 44.4 Å². The van der Waals surface area contributed by atoms with Gasteiger partial charge in [-0.25, -0.2) is 0 Å². The van der Waals surface area contributed by atoms with Gasteiger partial charge in [-0.3, -0.25) is 0 Å². The summed E-state index contributed by atoms with van der Waals surface area (Å²) in [6.45, 7) is 4.81. The molecule has 0 heterocycles. The average Bonchev–Trinajstić information content (AvgIpc) is 4.01. The summed E-state index contributed by atoms with van der Waals surface area (Å²) in [6.07, 6.45) is 2.87. The molecule has 4 aliphatic rings. The molecule has 13 rings (SSSR count). The highest BCUT2D eigenvalue weighted by atomic mass is 14.4. The Kier molecular flexibility index (Phi) is 6.84. The summed E-state index contributed by atoms with van der Waals surface area (Å²) in [5, 5.41) is 2.66. The van der Waals surface area contributed by atoms with Crippen molar-refractivity contribution >= 4 is 10.8 Å². The second-order valence-electron chi connectivity index (χ2n) is 17.9. The highest BCUT2D eigenvalue weighted by Gasteiger charge is 2.37. The highest BCUT2D eigenvalue weighted by molar-refractivity contribution is 6.06. The molecule has 9 aromatic rings. The SMILES string of the molecule is CC1(C)c2ccccc2-c2ccc(C(c3ccc4c(c3)Cc3c-4cc4ccccc4c3-c3cccc4c3Cc3ccccc3-4)c3cccc4c3Cc3ccccc3-4)cc21. The van der Waals surface area contributed by atoms with E-state index in [1.165, 1.54) is 128 Å². The van der Waals surface area contributed by atoms with Crippen LogP contribution in [0.1, 0.15) is 81.0 Å². The lowest BCUT2D eigenvalue weighted by atomic mass is 9.77. The van der Waals surface area contributed by atoms with E-state index in [1.807, 2.05) is 0 Å². The molecular formula is C59H42. The summed E-state index contributed by atoms with van der Waals surface area (Å²) < 4.78 is 0. The highest BCUT2D eigenvalue weighted by Crippen LogP contribution is 2.53. The fourth-order valence-corrected chi connectivity index (χ4v) is 11.8. The zero-order valence-corrected chi connectivity index (χ0v) is 33.4. The number of rotatable bonds is 4. The Morgan fingerprint density at radius 3 is 1.75 bits per heavy atom. The minimum absolute atomic E-state index is 0.0711. The van der Waals surface area contributed by atoms with Gasteiger partial charge in [-0.15, -0.1) is 0 Å². The number of hydrogen-bond donors (Lipinski definition) is 0. The van der Waals surface area contributed by atoms with Crippen LogP contribution >= 0.6 is 0 Å². The van der Waals surface area contributed by atoms with Crippen molar-refractivity contribution in [3.05, 3.63) is 237 Å². The van der Waals surface area contributed by atoms with Crippen molar-refractivity contribution in [1.29, 1.82) is 0 Å². The van der Waals surface area contributed by atoms with Gasteiger partial charge in [0.15, 0.2) is 0 Å². The predicted molar refractivity (Wildman–Crippen MR) is 246 cm³/mol. The Hall–Kier alpha value is -6.76. The summed E-state index contributed by atoms with van der Waals surface area (Å²) in [6, 6.07) is 67.5. The third-order valence-electron chi connectivity index (χ3n) is 14.5. The molecular weight excluding hydrogens is 709 g/mol. The van der Waals surface area contributed by atoms with Crippen molar-refractivity contribution in [2.24, 2.45) is 0 Å². The maximum absolute atomic E-state index is 2.58. The van der Waals surface area contributed by atoms with Gasteiger partial charge in [0.05, 0.1) is 0 Å². The standard InChI is InChI=1S/C59H42/c1-59(2)55-24-10-9-19-47(55)48-28-26-39(34-56(48)59)57(49-22-11-20-45-41-16-6-3-13-35(41)30-52(45)49)38-25-27-43-40(29-38)33-54-51(43)32-37-15-5-8-18-44(37)58(54)50-23-12-21-46-42-17-7-4-14-36(42)31-53(46)50/h3-29,32,34,57H,30-31,33H2,1-2H3. The van der Waals surface area contributed by atoms with Gasteiger partial charge in [0.2, 0.25) is 0 Å². The van der Waals surface area contributed by atoms with Crippen LogP contribution < -0.4 is 0 Å². The molecule has 0 heteroatoms. The Labute approximate surface area is 346 Å². The summed E-state index contributed by atoms with van der Waals surface area (Å²) >= 11 is 0. The van der Waals surface area contributed by atoms with Crippen LogP contribution in [-0.4, -0.2) is 0 Å². The first-order chi connectivity index (χ1) is 29.0. The van der Waals surface area contributed by atoms with Gasteiger partial charge in [0, 0.05) is 11.3 Å². The summed E-state index contributed by atoms with van der Waals surface area (Å²) in [5.74, 6) is 0.0903. The molecule has 1 atom stereocenters. The molecule has 9 aromatic carbocycles. The minimum Gasteiger partial charge on any atom is -0.0619 e. The number of benzene rings is 9. The largest absolute Gasteiger partial charge is 0.0619 e. The van der Waals surface area contributed by atoms with Crippen molar-refractivity contribution in [1.82, 2.24) is 0 Å². The maximum Gasteiger partial charge on any atom is 0.0343 e. The minimum atomic E-state index is -0.0711. The Bertz CT molecular complexity index is 3280.